The maximum absolute atomic E-state index is 13.6. The van der Waals surface area contributed by atoms with E-state index in [1.165, 1.54) is 6.07 Å². The van der Waals surface area contributed by atoms with Gasteiger partial charge in [-0.25, -0.2) is 4.39 Å². The van der Waals surface area contributed by atoms with E-state index in [4.69, 9.17) is 16.0 Å². The van der Waals surface area contributed by atoms with Crippen LogP contribution in [0.3, 0.4) is 0 Å². The Morgan fingerprint density at radius 1 is 1.37 bits per heavy atom. The van der Waals surface area contributed by atoms with Gasteiger partial charge in [-0.3, -0.25) is 4.79 Å². The first kappa shape index (κ1) is 13.6. The zero-order valence-electron chi connectivity index (χ0n) is 10.3. The molecule has 100 valence electrons. The molecule has 5 heteroatoms. The SMILES string of the molecule is CC(Cl)C(=O)NCc1ccc(-c2ccccc2F)o1. The minimum absolute atomic E-state index is 0.227. The van der Waals surface area contributed by atoms with Crippen LogP contribution < -0.4 is 5.32 Å². The Bertz CT molecular complexity index is 580. The summed E-state index contributed by atoms with van der Waals surface area (Å²) in [6.45, 7) is 1.81. The lowest BCUT2D eigenvalue weighted by Crippen LogP contribution is -2.28. The lowest BCUT2D eigenvalue weighted by atomic mass is 10.1. The highest BCUT2D eigenvalue weighted by Gasteiger charge is 2.11. The molecule has 1 atom stereocenters. The van der Waals surface area contributed by atoms with Crippen LogP contribution in [0.2, 0.25) is 0 Å². The highest BCUT2D eigenvalue weighted by Crippen LogP contribution is 2.24. The number of alkyl halides is 1. The molecular formula is C14H13ClFNO2. The summed E-state index contributed by atoms with van der Waals surface area (Å²) in [7, 11) is 0. The van der Waals surface area contributed by atoms with E-state index in [0.29, 0.717) is 17.1 Å². The number of carbonyl (C=O) groups is 1. The second-order valence-electron chi connectivity index (χ2n) is 4.08. The number of rotatable bonds is 4. The fourth-order valence-corrected chi connectivity index (χ4v) is 1.67. The molecule has 1 unspecified atom stereocenters. The number of amides is 1. The van der Waals surface area contributed by atoms with Gasteiger partial charge < -0.3 is 9.73 Å². The van der Waals surface area contributed by atoms with Crippen molar-refractivity contribution in [1.82, 2.24) is 5.32 Å². The smallest absolute Gasteiger partial charge is 0.238 e. The van der Waals surface area contributed by atoms with Gasteiger partial charge in [-0.05, 0) is 31.2 Å². The number of hydrogen-bond donors (Lipinski definition) is 1. The lowest BCUT2D eigenvalue weighted by Gasteiger charge is -2.04. The van der Waals surface area contributed by atoms with E-state index in [1.54, 1.807) is 37.3 Å². The number of carbonyl (C=O) groups excluding carboxylic acids is 1. The first-order chi connectivity index (χ1) is 9.08. The van der Waals surface area contributed by atoms with Crippen LogP contribution in [-0.4, -0.2) is 11.3 Å². The molecule has 1 amide bonds. The van der Waals surface area contributed by atoms with Crippen molar-refractivity contribution in [2.45, 2.75) is 18.8 Å². The van der Waals surface area contributed by atoms with Crippen molar-refractivity contribution < 1.29 is 13.6 Å². The van der Waals surface area contributed by atoms with Crippen LogP contribution in [0.15, 0.2) is 40.8 Å². The summed E-state index contributed by atoms with van der Waals surface area (Å²) in [6.07, 6.45) is 0. The van der Waals surface area contributed by atoms with Gasteiger partial charge >= 0.3 is 0 Å². The predicted molar refractivity (Wildman–Crippen MR) is 71.3 cm³/mol. The van der Waals surface area contributed by atoms with E-state index in [0.717, 1.165) is 0 Å². The normalized spacial score (nSPS) is 12.2. The molecule has 1 heterocycles. The largest absolute Gasteiger partial charge is 0.459 e. The molecule has 0 bridgehead atoms. The maximum Gasteiger partial charge on any atom is 0.238 e. The topological polar surface area (TPSA) is 42.2 Å². The fraction of sp³-hybridized carbons (Fsp3) is 0.214. The second kappa shape index (κ2) is 5.89. The van der Waals surface area contributed by atoms with Gasteiger partial charge in [0.05, 0.1) is 12.1 Å². The maximum atomic E-state index is 13.6. The molecular weight excluding hydrogens is 269 g/mol. The summed E-state index contributed by atoms with van der Waals surface area (Å²) < 4.78 is 19.0. The van der Waals surface area contributed by atoms with E-state index in [1.807, 2.05) is 0 Å². The average molecular weight is 282 g/mol. The molecule has 0 radical (unpaired) electrons. The Kier molecular flexibility index (Phi) is 4.22. The van der Waals surface area contributed by atoms with Crippen LogP contribution >= 0.6 is 11.6 Å². The molecule has 0 spiro atoms. The van der Waals surface area contributed by atoms with E-state index >= 15 is 0 Å². The zero-order valence-corrected chi connectivity index (χ0v) is 11.1. The first-order valence-corrected chi connectivity index (χ1v) is 6.27. The second-order valence-corrected chi connectivity index (χ2v) is 4.73. The number of hydrogen-bond acceptors (Lipinski definition) is 2. The monoisotopic (exact) mass is 281 g/mol. The summed E-state index contributed by atoms with van der Waals surface area (Å²) in [5.41, 5.74) is 0.394. The molecule has 3 nitrogen and oxygen atoms in total. The standard InChI is InChI=1S/C14H13ClFNO2/c1-9(15)14(18)17-8-10-6-7-13(19-10)11-4-2-3-5-12(11)16/h2-7,9H,8H2,1H3,(H,17,18). The van der Waals surface area contributed by atoms with Crippen molar-refractivity contribution in [2.75, 3.05) is 0 Å². The summed E-state index contributed by atoms with van der Waals surface area (Å²) in [5.74, 6) is 0.359. The predicted octanol–water partition coefficient (Wildman–Crippen LogP) is 3.33. The molecule has 0 aliphatic carbocycles. The average Bonchev–Trinajstić information content (AvgIpc) is 2.85. The molecule has 1 N–H and O–H groups in total. The van der Waals surface area contributed by atoms with Crippen molar-refractivity contribution in [3.63, 3.8) is 0 Å². The number of halogens is 2. The van der Waals surface area contributed by atoms with Crippen LogP contribution in [0.5, 0.6) is 0 Å². The van der Waals surface area contributed by atoms with E-state index < -0.39 is 5.38 Å². The molecule has 0 aliphatic heterocycles. The Morgan fingerprint density at radius 3 is 2.79 bits per heavy atom. The van der Waals surface area contributed by atoms with Gasteiger partial charge in [-0.15, -0.1) is 11.6 Å². The number of benzene rings is 1. The Hall–Kier alpha value is -1.81. The summed E-state index contributed by atoms with van der Waals surface area (Å²) in [5, 5.41) is 2.02. The third-order valence-electron chi connectivity index (χ3n) is 2.60. The number of nitrogens with one attached hydrogen (secondary N) is 1. The molecule has 2 aromatic rings. The molecule has 1 aromatic heterocycles. The molecule has 0 fully saturated rings. The van der Waals surface area contributed by atoms with E-state index in [9.17, 15) is 9.18 Å². The minimum atomic E-state index is -0.596. The van der Waals surface area contributed by atoms with E-state index in [-0.39, 0.29) is 18.3 Å². The summed E-state index contributed by atoms with van der Waals surface area (Å²) in [4.78, 5) is 11.3. The van der Waals surface area contributed by atoms with Crippen LogP contribution in [0.1, 0.15) is 12.7 Å². The molecule has 0 aliphatic rings. The molecule has 1 aromatic carbocycles. The Balaban J connectivity index is 2.08. The van der Waals surface area contributed by atoms with Crippen molar-refractivity contribution in [3.8, 4) is 11.3 Å². The van der Waals surface area contributed by atoms with Crippen LogP contribution in [-0.2, 0) is 11.3 Å². The van der Waals surface area contributed by atoms with Crippen LogP contribution in [0.25, 0.3) is 11.3 Å². The van der Waals surface area contributed by atoms with Crippen molar-refractivity contribution in [1.29, 1.82) is 0 Å². The van der Waals surface area contributed by atoms with Crippen molar-refractivity contribution in [3.05, 3.63) is 48.0 Å². The van der Waals surface area contributed by atoms with Crippen LogP contribution in [0, 0.1) is 5.82 Å². The van der Waals surface area contributed by atoms with Gasteiger partial charge in [0.25, 0.3) is 0 Å². The fourth-order valence-electron chi connectivity index (χ4n) is 1.59. The molecule has 0 saturated carbocycles. The Morgan fingerprint density at radius 2 is 2.11 bits per heavy atom. The quantitative estimate of drug-likeness (QED) is 0.874. The molecule has 2 rings (SSSR count). The number of furan rings is 1. The lowest BCUT2D eigenvalue weighted by molar-refractivity contribution is -0.120. The highest BCUT2D eigenvalue weighted by molar-refractivity contribution is 6.30. The molecule has 0 saturated heterocycles. The van der Waals surface area contributed by atoms with Gasteiger partial charge in [-0.2, -0.15) is 0 Å². The van der Waals surface area contributed by atoms with Crippen LogP contribution in [0.4, 0.5) is 4.39 Å². The van der Waals surface area contributed by atoms with Gasteiger partial charge in [0.2, 0.25) is 5.91 Å². The Labute approximate surface area is 115 Å². The summed E-state index contributed by atoms with van der Waals surface area (Å²) in [6, 6.07) is 9.72. The van der Waals surface area contributed by atoms with Crippen molar-refractivity contribution in [2.24, 2.45) is 0 Å². The van der Waals surface area contributed by atoms with Gasteiger partial charge in [0.1, 0.15) is 22.7 Å². The minimum Gasteiger partial charge on any atom is -0.459 e. The van der Waals surface area contributed by atoms with Crippen molar-refractivity contribution >= 4 is 17.5 Å². The third kappa shape index (κ3) is 3.35. The first-order valence-electron chi connectivity index (χ1n) is 5.83. The van der Waals surface area contributed by atoms with E-state index in [2.05, 4.69) is 5.32 Å². The highest BCUT2D eigenvalue weighted by atomic mass is 35.5. The summed E-state index contributed by atoms with van der Waals surface area (Å²) >= 11 is 5.62. The van der Waals surface area contributed by atoms with Gasteiger partial charge in [0.15, 0.2) is 0 Å². The van der Waals surface area contributed by atoms with Gasteiger partial charge in [0, 0.05) is 0 Å². The molecule has 19 heavy (non-hydrogen) atoms. The van der Waals surface area contributed by atoms with Gasteiger partial charge in [-0.1, -0.05) is 12.1 Å². The third-order valence-corrected chi connectivity index (χ3v) is 2.80. The zero-order chi connectivity index (χ0) is 13.8.